The molecule has 0 bridgehead atoms. The summed E-state index contributed by atoms with van der Waals surface area (Å²) in [6.07, 6.45) is 6.27. The molecule has 7 heteroatoms. The first-order chi connectivity index (χ1) is 12.0. The highest BCUT2D eigenvalue weighted by Gasteiger charge is 2.23. The molecule has 6 nitrogen and oxygen atoms in total. The van der Waals surface area contributed by atoms with Crippen molar-refractivity contribution < 1.29 is 13.2 Å². The highest BCUT2D eigenvalue weighted by atomic mass is 32.2. The Bertz CT molecular complexity index is 832. The Morgan fingerprint density at radius 3 is 2.48 bits per heavy atom. The number of carbonyl (C=O) groups is 1. The molecule has 1 aliphatic rings. The first-order valence-corrected chi connectivity index (χ1v) is 9.88. The van der Waals surface area contributed by atoms with Crippen molar-refractivity contribution in [2.45, 2.75) is 43.0 Å². The van der Waals surface area contributed by atoms with Crippen LogP contribution in [0.4, 0.5) is 5.69 Å². The van der Waals surface area contributed by atoms with E-state index in [4.69, 9.17) is 0 Å². The monoisotopic (exact) mass is 359 g/mol. The molecule has 25 heavy (non-hydrogen) atoms. The standard InChI is InChI=1S/C18H21N3O3S/c22-18(20-14-7-3-1-4-8-14)17-13-16(11-12-19-17)25(23,24)21-15-9-5-2-6-10-15/h1,3-4,7-8,11-13,15,21H,2,5-6,9-10H2,(H,20,22). The van der Waals surface area contributed by atoms with Crippen molar-refractivity contribution >= 4 is 21.6 Å². The van der Waals surface area contributed by atoms with E-state index in [-0.39, 0.29) is 16.6 Å². The van der Waals surface area contributed by atoms with Crippen molar-refractivity contribution in [2.24, 2.45) is 0 Å². The zero-order valence-corrected chi connectivity index (χ0v) is 14.6. The molecule has 1 aromatic heterocycles. The fraction of sp³-hybridized carbons (Fsp3) is 0.333. The minimum atomic E-state index is -3.66. The maximum atomic E-state index is 12.6. The van der Waals surface area contributed by atoms with Crippen LogP contribution in [0.5, 0.6) is 0 Å². The van der Waals surface area contributed by atoms with Gasteiger partial charge in [0.1, 0.15) is 5.69 Å². The second-order valence-electron chi connectivity index (χ2n) is 6.15. The van der Waals surface area contributed by atoms with Gasteiger partial charge in [0.15, 0.2) is 0 Å². The largest absolute Gasteiger partial charge is 0.321 e. The van der Waals surface area contributed by atoms with Gasteiger partial charge in [-0.1, -0.05) is 37.5 Å². The summed E-state index contributed by atoms with van der Waals surface area (Å²) in [6, 6.07) is 11.6. The van der Waals surface area contributed by atoms with Crippen LogP contribution in [-0.2, 0) is 10.0 Å². The number of carbonyl (C=O) groups excluding carboxylic acids is 1. The number of nitrogens with one attached hydrogen (secondary N) is 2. The van der Waals surface area contributed by atoms with Crippen LogP contribution >= 0.6 is 0 Å². The average molecular weight is 359 g/mol. The third kappa shape index (κ3) is 4.64. The molecule has 1 amide bonds. The van der Waals surface area contributed by atoms with Crippen LogP contribution in [0.3, 0.4) is 0 Å². The molecule has 0 radical (unpaired) electrons. The van der Waals surface area contributed by atoms with Gasteiger partial charge >= 0.3 is 0 Å². The Balaban J connectivity index is 1.75. The Hall–Kier alpha value is -2.25. The molecular weight excluding hydrogens is 338 g/mol. The second-order valence-corrected chi connectivity index (χ2v) is 7.87. The number of aromatic nitrogens is 1. The van der Waals surface area contributed by atoms with Crippen LogP contribution in [0.15, 0.2) is 53.6 Å². The SMILES string of the molecule is O=C(Nc1ccccc1)c1cc(S(=O)(=O)NC2CCCCC2)ccn1. The molecule has 2 aromatic rings. The van der Waals surface area contributed by atoms with Crippen LogP contribution in [-0.4, -0.2) is 25.4 Å². The summed E-state index contributed by atoms with van der Waals surface area (Å²) >= 11 is 0. The number of hydrogen-bond acceptors (Lipinski definition) is 4. The Labute approximate surface area is 147 Å². The van der Waals surface area contributed by atoms with Crippen molar-refractivity contribution in [1.29, 1.82) is 0 Å². The van der Waals surface area contributed by atoms with Crippen molar-refractivity contribution in [3.05, 3.63) is 54.4 Å². The summed E-state index contributed by atoms with van der Waals surface area (Å²) in [4.78, 5) is 16.3. The van der Waals surface area contributed by atoms with Crippen molar-refractivity contribution in [2.75, 3.05) is 5.32 Å². The van der Waals surface area contributed by atoms with Crippen molar-refractivity contribution in [1.82, 2.24) is 9.71 Å². The van der Waals surface area contributed by atoms with Crippen molar-refractivity contribution in [3.8, 4) is 0 Å². The normalized spacial score (nSPS) is 15.7. The summed E-state index contributed by atoms with van der Waals surface area (Å²) in [6.45, 7) is 0. The van der Waals surface area contributed by atoms with E-state index in [1.54, 1.807) is 24.3 Å². The molecule has 1 saturated carbocycles. The molecule has 0 spiro atoms. The number of sulfonamides is 1. The Kier molecular flexibility index (Phi) is 5.45. The van der Waals surface area contributed by atoms with Crippen LogP contribution in [0.2, 0.25) is 0 Å². The van der Waals surface area contributed by atoms with Gasteiger partial charge in [-0.25, -0.2) is 13.1 Å². The van der Waals surface area contributed by atoms with Crippen molar-refractivity contribution in [3.63, 3.8) is 0 Å². The summed E-state index contributed by atoms with van der Waals surface area (Å²) in [5.74, 6) is -0.444. The molecule has 132 valence electrons. The summed E-state index contributed by atoms with van der Waals surface area (Å²) in [5, 5.41) is 2.70. The molecule has 0 atom stereocenters. The third-order valence-corrected chi connectivity index (χ3v) is 5.75. The highest BCUT2D eigenvalue weighted by Crippen LogP contribution is 2.20. The molecule has 1 aromatic carbocycles. The van der Waals surface area contributed by atoms with Crippen LogP contribution in [0, 0.1) is 0 Å². The van der Waals surface area contributed by atoms with Gasteiger partial charge in [-0.15, -0.1) is 0 Å². The number of para-hydroxylation sites is 1. The van der Waals surface area contributed by atoms with Crippen LogP contribution < -0.4 is 10.0 Å². The fourth-order valence-corrected chi connectivity index (χ4v) is 4.24. The zero-order valence-electron chi connectivity index (χ0n) is 13.8. The Morgan fingerprint density at radius 2 is 1.76 bits per heavy atom. The van der Waals surface area contributed by atoms with E-state index in [0.29, 0.717) is 5.69 Å². The van der Waals surface area contributed by atoms with Gasteiger partial charge in [0, 0.05) is 17.9 Å². The molecule has 2 N–H and O–H groups in total. The lowest BCUT2D eigenvalue weighted by Gasteiger charge is -2.22. The predicted molar refractivity (Wildman–Crippen MR) is 95.8 cm³/mol. The molecule has 3 rings (SSSR count). The minimum Gasteiger partial charge on any atom is -0.321 e. The number of nitrogens with zero attached hydrogens (tertiary/aromatic N) is 1. The van der Waals surface area contributed by atoms with E-state index < -0.39 is 15.9 Å². The van der Waals surface area contributed by atoms with Gasteiger partial charge < -0.3 is 5.32 Å². The molecular formula is C18H21N3O3S. The zero-order chi connectivity index (χ0) is 17.7. The maximum Gasteiger partial charge on any atom is 0.274 e. The quantitative estimate of drug-likeness (QED) is 0.859. The van der Waals surface area contributed by atoms with E-state index >= 15 is 0 Å². The van der Waals surface area contributed by atoms with E-state index in [1.165, 1.54) is 18.3 Å². The molecule has 1 heterocycles. The number of pyridine rings is 1. The lowest BCUT2D eigenvalue weighted by atomic mass is 9.96. The lowest BCUT2D eigenvalue weighted by molar-refractivity contribution is 0.102. The van der Waals surface area contributed by atoms with Gasteiger partial charge in [0.05, 0.1) is 4.90 Å². The number of amides is 1. The molecule has 0 unspecified atom stereocenters. The Morgan fingerprint density at radius 1 is 1.04 bits per heavy atom. The lowest BCUT2D eigenvalue weighted by Crippen LogP contribution is -2.36. The molecule has 0 aliphatic heterocycles. The van der Waals surface area contributed by atoms with Crippen LogP contribution in [0.25, 0.3) is 0 Å². The smallest absolute Gasteiger partial charge is 0.274 e. The van der Waals surface area contributed by atoms with Gasteiger partial charge in [-0.3, -0.25) is 9.78 Å². The minimum absolute atomic E-state index is 0.0338. The van der Waals surface area contributed by atoms with E-state index in [0.717, 1.165) is 32.1 Å². The predicted octanol–water partition coefficient (Wildman–Crippen LogP) is 2.94. The summed E-state index contributed by atoms with van der Waals surface area (Å²) in [7, 11) is -3.66. The maximum absolute atomic E-state index is 12.6. The van der Waals surface area contributed by atoms with E-state index in [9.17, 15) is 13.2 Å². The number of rotatable bonds is 5. The van der Waals surface area contributed by atoms with Gasteiger partial charge in [-0.05, 0) is 37.1 Å². The third-order valence-electron chi connectivity index (χ3n) is 4.23. The van der Waals surface area contributed by atoms with Gasteiger partial charge in [0.2, 0.25) is 10.0 Å². The number of hydrogen-bond donors (Lipinski definition) is 2. The van der Waals surface area contributed by atoms with Gasteiger partial charge in [-0.2, -0.15) is 0 Å². The molecule has 1 aliphatic carbocycles. The van der Waals surface area contributed by atoms with E-state index in [1.807, 2.05) is 6.07 Å². The molecule has 1 fully saturated rings. The molecule has 0 saturated heterocycles. The summed E-state index contributed by atoms with van der Waals surface area (Å²) in [5.41, 5.74) is 0.693. The highest BCUT2D eigenvalue weighted by molar-refractivity contribution is 7.89. The van der Waals surface area contributed by atoms with Gasteiger partial charge in [0.25, 0.3) is 5.91 Å². The second kappa shape index (κ2) is 7.76. The number of benzene rings is 1. The summed E-state index contributed by atoms with van der Waals surface area (Å²) < 4.78 is 27.9. The average Bonchev–Trinajstić information content (AvgIpc) is 2.63. The first-order valence-electron chi connectivity index (χ1n) is 8.39. The fourth-order valence-electron chi connectivity index (χ4n) is 2.93. The first kappa shape index (κ1) is 17.6. The van der Waals surface area contributed by atoms with Crippen LogP contribution in [0.1, 0.15) is 42.6 Å². The topological polar surface area (TPSA) is 88.2 Å². The number of anilines is 1. The van der Waals surface area contributed by atoms with E-state index in [2.05, 4.69) is 15.0 Å².